The molecule has 0 unspecified atom stereocenters. The molecule has 0 radical (unpaired) electrons. The lowest BCUT2D eigenvalue weighted by molar-refractivity contribution is 0.262. The first-order chi connectivity index (χ1) is 9.34. The molecule has 8 nitrogen and oxygen atoms in total. The Bertz CT molecular complexity index is 738. The minimum Gasteiger partial charge on any atom is -0.308 e. The average molecular weight is 295 g/mol. The van der Waals surface area contributed by atoms with E-state index in [1.807, 2.05) is 0 Å². The van der Waals surface area contributed by atoms with Crippen LogP contribution in [0.15, 0.2) is 41.6 Å². The fraction of sp³-hybridized carbons (Fsp3) is 0.0909. The van der Waals surface area contributed by atoms with Gasteiger partial charge in [0.05, 0.1) is 16.8 Å². The van der Waals surface area contributed by atoms with E-state index in [9.17, 15) is 13.2 Å². The molecule has 0 saturated heterocycles. The summed E-state index contributed by atoms with van der Waals surface area (Å²) in [4.78, 5) is 11.6. The molecule has 0 fully saturated rings. The summed E-state index contributed by atoms with van der Waals surface area (Å²) >= 11 is 0. The number of rotatable bonds is 3. The fourth-order valence-corrected chi connectivity index (χ4v) is 2.09. The summed E-state index contributed by atoms with van der Waals surface area (Å²) in [7, 11) is -2.08. The van der Waals surface area contributed by atoms with Gasteiger partial charge in [-0.05, 0) is 18.2 Å². The Hall–Kier alpha value is -2.39. The normalized spacial score (nSPS) is 11.1. The third-order valence-electron chi connectivity index (χ3n) is 2.38. The highest BCUT2D eigenvalue weighted by Gasteiger charge is 2.09. The van der Waals surface area contributed by atoms with Gasteiger partial charge in [-0.25, -0.2) is 18.4 Å². The number of sulfonamides is 1. The molecule has 106 valence electrons. The molecule has 0 spiro atoms. The lowest BCUT2D eigenvalue weighted by Crippen LogP contribution is -2.19. The number of hydrogen-bond donors (Lipinski definition) is 3. The number of nitrogens with zero attached hydrogens (tertiary/aromatic N) is 2. The maximum absolute atomic E-state index is 11.7. The third-order valence-corrected chi connectivity index (χ3v) is 3.29. The molecule has 2 rings (SSSR count). The van der Waals surface area contributed by atoms with Crippen LogP contribution >= 0.6 is 0 Å². The van der Waals surface area contributed by atoms with Crippen molar-refractivity contribution >= 4 is 27.4 Å². The van der Waals surface area contributed by atoms with Crippen molar-refractivity contribution in [2.75, 3.05) is 10.6 Å². The molecular weight excluding hydrogens is 282 g/mol. The van der Waals surface area contributed by atoms with E-state index < -0.39 is 16.1 Å². The Morgan fingerprint density at radius 1 is 1.30 bits per heavy atom. The molecule has 0 saturated carbocycles. The van der Waals surface area contributed by atoms with Crippen molar-refractivity contribution in [3.8, 4) is 0 Å². The molecule has 9 heteroatoms. The van der Waals surface area contributed by atoms with Gasteiger partial charge < -0.3 is 10.6 Å². The van der Waals surface area contributed by atoms with Crippen molar-refractivity contribution < 1.29 is 13.2 Å². The SMILES string of the molecule is Cn1cc(NC(=O)Nc2cccc(S(N)(=O)=O)c2)cn1. The van der Waals surface area contributed by atoms with Crippen LogP contribution in [0.1, 0.15) is 0 Å². The van der Waals surface area contributed by atoms with Crippen LogP contribution in [0.5, 0.6) is 0 Å². The lowest BCUT2D eigenvalue weighted by Gasteiger charge is -2.07. The first-order valence-electron chi connectivity index (χ1n) is 5.54. The molecule has 0 aliphatic carbocycles. The number of nitrogens with two attached hydrogens (primary N) is 1. The second-order valence-corrected chi connectivity index (χ2v) is 5.62. The Labute approximate surface area is 115 Å². The summed E-state index contributed by atoms with van der Waals surface area (Å²) in [6, 6.07) is 5.15. The zero-order valence-electron chi connectivity index (χ0n) is 10.6. The van der Waals surface area contributed by atoms with Gasteiger partial charge in [-0.2, -0.15) is 5.10 Å². The Morgan fingerprint density at radius 2 is 2.00 bits per heavy atom. The van der Waals surface area contributed by atoms with Gasteiger partial charge in [0.2, 0.25) is 10.0 Å². The van der Waals surface area contributed by atoms with E-state index in [0.29, 0.717) is 11.4 Å². The van der Waals surface area contributed by atoms with E-state index in [2.05, 4.69) is 15.7 Å². The number of amides is 2. The van der Waals surface area contributed by atoms with Gasteiger partial charge in [-0.1, -0.05) is 6.07 Å². The number of anilines is 2. The topological polar surface area (TPSA) is 119 Å². The number of aryl methyl sites for hydroxylation is 1. The first-order valence-corrected chi connectivity index (χ1v) is 7.09. The molecule has 1 heterocycles. The standard InChI is InChI=1S/C11H13N5O3S/c1-16-7-9(6-13-16)15-11(17)14-8-3-2-4-10(5-8)20(12,18)19/h2-7H,1H3,(H2,12,18,19)(H2,14,15,17). The Morgan fingerprint density at radius 3 is 2.60 bits per heavy atom. The largest absolute Gasteiger partial charge is 0.323 e. The minimum atomic E-state index is -3.80. The van der Waals surface area contributed by atoms with E-state index >= 15 is 0 Å². The number of nitrogens with one attached hydrogen (secondary N) is 2. The van der Waals surface area contributed by atoms with Crippen LogP contribution in [-0.2, 0) is 17.1 Å². The van der Waals surface area contributed by atoms with Crippen molar-refractivity contribution in [2.45, 2.75) is 4.90 Å². The van der Waals surface area contributed by atoms with Gasteiger partial charge in [0.15, 0.2) is 0 Å². The molecule has 2 amide bonds. The minimum absolute atomic E-state index is 0.0725. The first kappa shape index (κ1) is 14.0. The van der Waals surface area contributed by atoms with E-state index in [0.717, 1.165) is 0 Å². The molecule has 0 aliphatic heterocycles. The van der Waals surface area contributed by atoms with Crippen LogP contribution < -0.4 is 15.8 Å². The van der Waals surface area contributed by atoms with Gasteiger partial charge in [0, 0.05) is 18.9 Å². The summed E-state index contributed by atoms with van der Waals surface area (Å²) in [5, 5.41) is 14.0. The van der Waals surface area contributed by atoms with E-state index in [4.69, 9.17) is 5.14 Å². The van der Waals surface area contributed by atoms with E-state index in [1.165, 1.54) is 29.1 Å². The fourth-order valence-electron chi connectivity index (χ4n) is 1.53. The van der Waals surface area contributed by atoms with Gasteiger partial charge in [0.1, 0.15) is 0 Å². The number of urea groups is 1. The van der Waals surface area contributed by atoms with Crippen molar-refractivity contribution in [3.63, 3.8) is 0 Å². The van der Waals surface area contributed by atoms with Crippen LogP contribution in [-0.4, -0.2) is 24.2 Å². The number of carbonyl (C=O) groups is 1. The average Bonchev–Trinajstić information content (AvgIpc) is 2.73. The van der Waals surface area contributed by atoms with Gasteiger partial charge in [-0.3, -0.25) is 4.68 Å². The molecule has 4 N–H and O–H groups in total. The van der Waals surface area contributed by atoms with E-state index in [1.54, 1.807) is 19.3 Å². The smallest absolute Gasteiger partial charge is 0.308 e. The predicted molar refractivity (Wildman–Crippen MR) is 73.7 cm³/mol. The van der Waals surface area contributed by atoms with Crippen molar-refractivity contribution in [1.82, 2.24) is 9.78 Å². The van der Waals surface area contributed by atoms with Crippen LogP contribution in [0, 0.1) is 0 Å². The Kier molecular flexibility index (Phi) is 3.72. The zero-order chi connectivity index (χ0) is 14.8. The highest BCUT2D eigenvalue weighted by molar-refractivity contribution is 7.89. The summed E-state index contributed by atoms with van der Waals surface area (Å²) < 4.78 is 23.9. The highest BCUT2D eigenvalue weighted by Crippen LogP contribution is 2.14. The molecule has 0 aliphatic rings. The molecular formula is C11H13N5O3S. The van der Waals surface area contributed by atoms with Gasteiger partial charge in [0.25, 0.3) is 0 Å². The number of hydrogen-bond acceptors (Lipinski definition) is 4. The molecule has 2 aromatic rings. The molecule has 1 aromatic heterocycles. The Balaban J connectivity index is 2.08. The number of primary sulfonamides is 1. The summed E-state index contributed by atoms with van der Waals surface area (Å²) in [6.07, 6.45) is 3.11. The number of benzene rings is 1. The molecule has 0 bridgehead atoms. The molecule has 0 atom stereocenters. The van der Waals surface area contributed by atoms with Gasteiger partial charge in [-0.15, -0.1) is 0 Å². The van der Waals surface area contributed by atoms with Crippen molar-refractivity contribution in [1.29, 1.82) is 0 Å². The second-order valence-electron chi connectivity index (χ2n) is 4.05. The summed E-state index contributed by atoms with van der Waals surface area (Å²) in [5.41, 5.74) is 0.838. The van der Waals surface area contributed by atoms with Crippen LogP contribution in [0.2, 0.25) is 0 Å². The summed E-state index contributed by atoms with van der Waals surface area (Å²) in [5.74, 6) is 0. The lowest BCUT2D eigenvalue weighted by atomic mass is 10.3. The predicted octanol–water partition coefficient (Wildman–Crippen LogP) is 0.712. The van der Waals surface area contributed by atoms with Gasteiger partial charge >= 0.3 is 6.03 Å². The van der Waals surface area contributed by atoms with Crippen molar-refractivity contribution in [2.24, 2.45) is 12.2 Å². The van der Waals surface area contributed by atoms with E-state index in [-0.39, 0.29) is 4.90 Å². The quantitative estimate of drug-likeness (QED) is 0.772. The van der Waals surface area contributed by atoms with Crippen molar-refractivity contribution in [3.05, 3.63) is 36.7 Å². The molecule has 1 aromatic carbocycles. The zero-order valence-corrected chi connectivity index (χ0v) is 11.4. The summed E-state index contributed by atoms with van der Waals surface area (Å²) in [6.45, 7) is 0. The number of aromatic nitrogens is 2. The van der Waals surface area contributed by atoms with Crippen LogP contribution in [0.4, 0.5) is 16.2 Å². The monoisotopic (exact) mass is 295 g/mol. The van der Waals surface area contributed by atoms with Crippen LogP contribution in [0.25, 0.3) is 0 Å². The highest BCUT2D eigenvalue weighted by atomic mass is 32.2. The molecule has 20 heavy (non-hydrogen) atoms. The van der Waals surface area contributed by atoms with Crippen LogP contribution in [0.3, 0.4) is 0 Å². The third kappa shape index (κ3) is 3.56. The maximum Gasteiger partial charge on any atom is 0.323 e. The number of carbonyl (C=O) groups excluding carboxylic acids is 1. The second kappa shape index (κ2) is 5.31. The maximum atomic E-state index is 11.7.